The summed E-state index contributed by atoms with van der Waals surface area (Å²) >= 11 is 0. The largest absolute Gasteiger partial charge is 0.340 e. The van der Waals surface area contributed by atoms with Gasteiger partial charge in [-0.2, -0.15) is 0 Å². The number of hydrogen-bond donors (Lipinski definition) is 2. The lowest BCUT2D eigenvalue weighted by molar-refractivity contribution is 1.45. The van der Waals surface area contributed by atoms with Crippen LogP contribution in [0.25, 0.3) is 0 Å². The first-order valence-corrected chi connectivity index (χ1v) is 4.00. The van der Waals surface area contributed by atoms with Crippen LogP contribution in [0.15, 0.2) is 41.5 Å². The second-order valence-corrected chi connectivity index (χ2v) is 2.72. The summed E-state index contributed by atoms with van der Waals surface area (Å²) in [6.45, 7) is 0. The first-order valence-electron chi connectivity index (χ1n) is 4.00. The number of nitrogens with zero attached hydrogens (tertiary/aromatic N) is 1. The smallest absolute Gasteiger partial charge is 0.123 e. The molecule has 2 rings (SSSR count). The van der Waals surface area contributed by atoms with Gasteiger partial charge in [0.25, 0.3) is 0 Å². The third-order valence-corrected chi connectivity index (χ3v) is 1.77. The van der Waals surface area contributed by atoms with Gasteiger partial charge in [-0.05, 0) is 12.1 Å². The number of benzene rings is 1. The lowest BCUT2D eigenvalue weighted by Crippen LogP contribution is -2.09. The molecule has 2 N–H and O–H groups in total. The van der Waals surface area contributed by atoms with E-state index in [4.69, 9.17) is 5.41 Å². The summed E-state index contributed by atoms with van der Waals surface area (Å²) in [4.78, 5) is 4.04. The highest BCUT2D eigenvalue weighted by atomic mass is 14.9. The highest BCUT2D eigenvalue weighted by Crippen LogP contribution is 2.13. The van der Waals surface area contributed by atoms with E-state index in [0.29, 0.717) is 5.84 Å². The van der Waals surface area contributed by atoms with Crippen LogP contribution in [0, 0.1) is 5.41 Å². The summed E-state index contributed by atoms with van der Waals surface area (Å²) < 4.78 is 0. The van der Waals surface area contributed by atoms with Crippen molar-refractivity contribution in [1.29, 1.82) is 5.41 Å². The Kier molecular flexibility index (Phi) is 1.92. The van der Waals surface area contributed by atoms with Crippen LogP contribution in [0.3, 0.4) is 0 Å². The van der Waals surface area contributed by atoms with Crippen LogP contribution in [0.1, 0.15) is 5.56 Å². The highest BCUT2D eigenvalue weighted by Gasteiger charge is 2.00. The quantitative estimate of drug-likeness (QED) is 0.616. The van der Waals surface area contributed by atoms with E-state index in [1.807, 2.05) is 24.3 Å². The maximum atomic E-state index is 7.48. The molecule has 0 amide bonds. The molecule has 1 aromatic rings. The van der Waals surface area contributed by atoms with Crippen molar-refractivity contribution in [3.05, 3.63) is 42.1 Å². The molecule has 0 saturated carbocycles. The molecule has 1 aliphatic heterocycles. The van der Waals surface area contributed by atoms with Gasteiger partial charge in [0.2, 0.25) is 0 Å². The van der Waals surface area contributed by atoms with Gasteiger partial charge in [0.15, 0.2) is 0 Å². The standard InChI is InChI=1S/C10H9N3/c11-10-5-6-12-7-8-3-1-2-4-9(8)13-10/h1-7H,(H2,11,13). The molecular weight excluding hydrogens is 162 g/mol. The summed E-state index contributed by atoms with van der Waals surface area (Å²) in [5.74, 6) is 0.351. The Morgan fingerprint density at radius 2 is 2.08 bits per heavy atom. The third kappa shape index (κ3) is 1.64. The van der Waals surface area contributed by atoms with Crippen LogP contribution < -0.4 is 5.32 Å². The molecular formula is C10H9N3. The summed E-state index contributed by atoms with van der Waals surface area (Å²) in [5.41, 5.74) is 1.91. The van der Waals surface area contributed by atoms with E-state index >= 15 is 0 Å². The van der Waals surface area contributed by atoms with Gasteiger partial charge in [-0.25, -0.2) is 0 Å². The number of amidine groups is 1. The van der Waals surface area contributed by atoms with Crippen LogP contribution in [-0.4, -0.2) is 12.1 Å². The number of rotatable bonds is 0. The molecule has 0 saturated heterocycles. The minimum Gasteiger partial charge on any atom is -0.340 e. The first kappa shape index (κ1) is 7.73. The van der Waals surface area contributed by atoms with Crippen molar-refractivity contribution in [2.45, 2.75) is 0 Å². The number of fused-ring (bicyclic) bond motifs is 1. The average Bonchev–Trinajstić information content (AvgIpc) is 2.11. The topological polar surface area (TPSA) is 48.2 Å². The van der Waals surface area contributed by atoms with Crippen LogP contribution in [0.5, 0.6) is 0 Å². The van der Waals surface area contributed by atoms with Crippen molar-refractivity contribution in [2.24, 2.45) is 4.99 Å². The van der Waals surface area contributed by atoms with Crippen molar-refractivity contribution in [1.82, 2.24) is 0 Å². The van der Waals surface area contributed by atoms with Crippen LogP contribution >= 0.6 is 0 Å². The normalized spacial score (nSPS) is 16.8. The minimum atomic E-state index is 0.351. The zero-order valence-corrected chi connectivity index (χ0v) is 6.99. The van der Waals surface area contributed by atoms with Crippen LogP contribution in [-0.2, 0) is 0 Å². The molecule has 0 spiro atoms. The molecule has 0 unspecified atom stereocenters. The minimum absolute atomic E-state index is 0.351. The summed E-state index contributed by atoms with van der Waals surface area (Å²) in [7, 11) is 0. The number of anilines is 1. The maximum absolute atomic E-state index is 7.48. The zero-order chi connectivity index (χ0) is 9.10. The van der Waals surface area contributed by atoms with E-state index in [0.717, 1.165) is 11.3 Å². The Bertz CT molecular complexity index is 391. The van der Waals surface area contributed by atoms with E-state index in [-0.39, 0.29) is 0 Å². The average molecular weight is 171 g/mol. The van der Waals surface area contributed by atoms with E-state index in [9.17, 15) is 0 Å². The monoisotopic (exact) mass is 171 g/mol. The predicted octanol–water partition coefficient (Wildman–Crippen LogP) is 2.02. The van der Waals surface area contributed by atoms with Gasteiger partial charge in [-0.3, -0.25) is 10.4 Å². The van der Waals surface area contributed by atoms with Gasteiger partial charge in [0.1, 0.15) is 5.84 Å². The van der Waals surface area contributed by atoms with Crippen molar-refractivity contribution in [3.63, 3.8) is 0 Å². The van der Waals surface area contributed by atoms with Gasteiger partial charge < -0.3 is 5.32 Å². The predicted molar refractivity (Wildman–Crippen MR) is 54.5 cm³/mol. The fraction of sp³-hybridized carbons (Fsp3) is 0. The van der Waals surface area contributed by atoms with Gasteiger partial charge in [-0.15, -0.1) is 0 Å². The number of para-hydroxylation sites is 1. The van der Waals surface area contributed by atoms with E-state index in [2.05, 4.69) is 10.3 Å². The lowest BCUT2D eigenvalue weighted by Gasteiger charge is -2.08. The molecule has 1 aromatic carbocycles. The highest BCUT2D eigenvalue weighted by molar-refractivity contribution is 6.05. The van der Waals surface area contributed by atoms with Crippen molar-refractivity contribution >= 4 is 17.7 Å². The molecule has 13 heavy (non-hydrogen) atoms. The molecule has 3 nitrogen and oxygen atoms in total. The fourth-order valence-electron chi connectivity index (χ4n) is 1.15. The SMILES string of the molecule is N=C1/C=C\N=Cc2ccccc2N1. The Morgan fingerprint density at radius 1 is 1.23 bits per heavy atom. The van der Waals surface area contributed by atoms with Crippen LogP contribution in [0.2, 0.25) is 0 Å². The maximum Gasteiger partial charge on any atom is 0.123 e. The summed E-state index contributed by atoms with van der Waals surface area (Å²) in [6.07, 6.45) is 4.99. The van der Waals surface area contributed by atoms with Gasteiger partial charge in [0.05, 0.1) is 0 Å². The van der Waals surface area contributed by atoms with Crippen molar-refractivity contribution in [2.75, 3.05) is 5.32 Å². The van der Waals surface area contributed by atoms with E-state index in [1.54, 1.807) is 18.5 Å². The molecule has 1 aliphatic rings. The molecule has 1 heterocycles. The molecule has 0 radical (unpaired) electrons. The van der Waals surface area contributed by atoms with Crippen LogP contribution in [0.4, 0.5) is 5.69 Å². The molecule has 0 aromatic heterocycles. The Balaban J connectivity index is 2.49. The fourth-order valence-corrected chi connectivity index (χ4v) is 1.15. The molecule has 64 valence electrons. The summed E-state index contributed by atoms with van der Waals surface area (Å²) in [6, 6.07) is 7.76. The summed E-state index contributed by atoms with van der Waals surface area (Å²) in [5, 5.41) is 10.5. The molecule has 0 bridgehead atoms. The van der Waals surface area contributed by atoms with Gasteiger partial charge >= 0.3 is 0 Å². The molecule has 0 fully saturated rings. The molecule has 0 aliphatic carbocycles. The third-order valence-electron chi connectivity index (χ3n) is 1.77. The Hall–Kier alpha value is -1.90. The van der Waals surface area contributed by atoms with E-state index in [1.165, 1.54) is 0 Å². The Morgan fingerprint density at radius 3 is 3.00 bits per heavy atom. The van der Waals surface area contributed by atoms with Gasteiger partial charge in [-0.1, -0.05) is 18.2 Å². The zero-order valence-electron chi connectivity index (χ0n) is 6.99. The molecule has 0 atom stereocenters. The van der Waals surface area contributed by atoms with Crippen molar-refractivity contribution < 1.29 is 0 Å². The Labute approximate surface area is 76.3 Å². The molecule has 3 heteroatoms. The lowest BCUT2D eigenvalue weighted by atomic mass is 10.2. The second kappa shape index (κ2) is 3.23. The first-order chi connectivity index (χ1) is 6.36. The number of aliphatic imine (C=N–C) groups is 1. The van der Waals surface area contributed by atoms with Gasteiger partial charge in [0, 0.05) is 23.7 Å². The number of hydrogen-bond acceptors (Lipinski definition) is 2. The number of nitrogens with one attached hydrogen (secondary N) is 2. The van der Waals surface area contributed by atoms with E-state index < -0.39 is 0 Å². The van der Waals surface area contributed by atoms with Crippen molar-refractivity contribution in [3.8, 4) is 0 Å². The second-order valence-electron chi connectivity index (χ2n) is 2.72.